The fourth-order valence-corrected chi connectivity index (χ4v) is 4.09. The van der Waals surface area contributed by atoms with Crippen LogP contribution in [-0.4, -0.2) is 39.2 Å². The first kappa shape index (κ1) is 29.0. The van der Waals surface area contributed by atoms with Gasteiger partial charge in [0.15, 0.2) is 5.82 Å². The Morgan fingerprint density at radius 2 is 1.71 bits per heavy atom. The van der Waals surface area contributed by atoms with Crippen LogP contribution in [0.3, 0.4) is 0 Å². The number of aromatic nitrogens is 3. The van der Waals surface area contributed by atoms with Crippen LogP contribution in [0.2, 0.25) is 0 Å². The summed E-state index contributed by atoms with van der Waals surface area (Å²) in [5.74, 6) is 0.358. The quantitative estimate of drug-likeness (QED) is 0.183. The van der Waals surface area contributed by atoms with Crippen LogP contribution in [-0.2, 0) is 0 Å². The highest BCUT2D eigenvalue weighted by molar-refractivity contribution is 6.01. The van der Waals surface area contributed by atoms with E-state index in [2.05, 4.69) is 31.3 Å². The molecule has 4 aromatic rings. The average molecular weight is 553 g/mol. The molecular weight excluding hydrogens is 516 g/mol. The molecule has 0 bridgehead atoms. The molecule has 0 spiro atoms. The van der Waals surface area contributed by atoms with Crippen LogP contribution >= 0.6 is 0 Å². The number of carbonyl (C=O) groups excluding carboxylic acids is 2. The van der Waals surface area contributed by atoms with E-state index in [1.54, 1.807) is 36.0 Å². The predicted molar refractivity (Wildman–Crippen MR) is 163 cm³/mol. The summed E-state index contributed by atoms with van der Waals surface area (Å²) in [5.41, 5.74) is 5.77. The molecule has 41 heavy (non-hydrogen) atoms. The van der Waals surface area contributed by atoms with Gasteiger partial charge in [0, 0.05) is 47.4 Å². The topological polar surface area (TPSA) is 136 Å². The lowest BCUT2D eigenvalue weighted by Crippen LogP contribution is -2.29. The van der Waals surface area contributed by atoms with E-state index in [-0.39, 0.29) is 11.8 Å². The number of benzene rings is 2. The van der Waals surface area contributed by atoms with Gasteiger partial charge in [0.05, 0.1) is 5.56 Å². The number of fused-ring (bicyclic) bond motifs is 1. The number of hydrogen-bond acceptors (Lipinski definition) is 7. The molecule has 0 radical (unpaired) electrons. The summed E-state index contributed by atoms with van der Waals surface area (Å²) in [6.07, 6.45) is 4.71. The van der Waals surface area contributed by atoms with Crippen molar-refractivity contribution in [2.45, 2.75) is 41.5 Å². The Morgan fingerprint density at radius 1 is 1.00 bits per heavy atom. The highest BCUT2D eigenvalue weighted by Crippen LogP contribution is 2.27. The zero-order valence-corrected chi connectivity index (χ0v) is 24.4. The second-order valence-corrected chi connectivity index (χ2v) is 11.0. The van der Waals surface area contributed by atoms with Gasteiger partial charge in [0.25, 0.3) is 11.8 Å². The van der Waals surface area contributed by atoms with E-state index < -0.39 is 5.41 Å². The molecule has 2 aromatic carbocycles. The van der Waals surface area contributed by atoms with E-state index in [1.807, 2.05) is 71.9 Å². The lowest BCUT2D eigenvalue weighted by molar-refractivity contribution is 0.0956. The molecule has 0 aliphatic heterocycles. The molecule has 2 heterocycles. The number of rotatable bonds is 8. The Morgan fingerprint density at radius 3 is 2.37 bits per heavy atom. The maximum Gasteiger partial charge on any atom is 0.256 e. The Balaban J connectivity index is 1.64. The van der Waals surface area contributed by atoms with Gasteiger partial charge in [-0.3, -0.25) is 9.59 Å². The molecule has 2 amide bonds. The lowest BCUT2D eigenvalue weighted by atomic mass is 9.90. The molecule has 4 rings (SSSR count). The van der Waals surface area contributed by atoms with E-state index in [1.165, 1.54) is 6.33 Å². The highest BCUT2D eigenvalue weighted by atomic mass is 16.2. The second kappa shape index (κ2) is 11.6. The Labute approximate surface area is 239 Å². The number of allylic oxidation sites excluding steroid dienone is 1. The molecule has 0 aliphatic rings. The molecule has 0 aliphatic carbocycles. The molecule has 5 N–H and O–H groups in total. The minimum atomic E-state index is -0.399. The number of nitrogens with zero attached hydrogens (tertiary/aromatic N) is 3. The summed E-state index contributed by atoms with van der Waals surface area (Å²) in [5, 5.41) is 24.9. The van der Waals surface area contributed by atoms with Crippen molar-refractivity contribution in [3.8, 4) is 0 Å². The Hall–Kier alpha value is -4.99. The average Bonchev–Trinajstić information content (AvgIpc) is 3.27. The summed E-state index contributed by atoms with van der Waals surface area (Å²) >= 11 is 0. The number of aryl methyl sites for hydroxylation is 3. The fraction of sp³-hybridized carbons (Fsp3) is 0.258. The van der Waals surface area contributed by atoms with Crippen molar-refractivity contribution in [1.29, 1.82) is 5.41 Å². The minimum absolute atomic E-state index is 0.212. The zero-order valence-electron chi connectivity index (χ0n) is 24.4. The van der Waals surface area contributed by atoms with E-state index in [4.69, 9.17) is 5.41 Å². The molecule has 10 nitrogen and oxygen atoms in total. The van der Waals surface area contributed by atoms with Gasteiger partial charge in [-0.25, -0.2) is 9.50 Å². The van der Waals surface area contributed by atoms with E-state index >= 15 is 0 Å². The van der Waals surface area contributed by atoms with Crippen LogP contribution in [0, 0.1) is 31.6 Å². The van der Waals surface area contributed by atoms with Crippen molar-refractivity contribution < 1.29 is 9.59 Å². The van der Waals surface area contributed by atoms with Crippen molar-refractivity contribution in [1.82, 2.24) is 25.2 Å². The van der Waals surface area contributed by atoms with Crippen molar-refractivity contribution in [3.05, 3.63) is 94.7 Å². The first-order chi connectivity index (χ1) is 19.4. The lowest BCUT2D eigenvalue weighted by Gasteiger charge is -2.20. The number of carbonyl (C=O) groups is 2. The van der Waals surface area contributed by atoms with Gasteiger partial charge in [-0.1, -0.05) is 44.5 Å². The van der Waals surface area contributed by atoms with E-state index in [0.717, 1.165) is 22.4 Å². The van der Waals surface area contributed by atoms with Gasteiger partial charge in [-0.2, -0.15) is 5.10 Å². The number of hydrogen-bond donors (Lipinski definition) is 5. The fourth-order valence-electron chi connectivity index (χ4n) is 4.09. The molecule has 0 saturated heterocycles. The minimum Gasteiger partial charge on any atom is -0.355 e. The summed E-state index contributed by atoms with van der Waals surface area (Å²) in [7, 11) is 1.58. The van der Waals surface area contributed by atoms with Crippen molar-refractivity contribution in [2.24, 2.45) is 5.41 Å². The first-order valence-corrected chi connectivity index (χ1v) is 13.3. The van der Waals surface area contributed by atoms with Gasteiger partial charge < -0.3 is 26.7 Å². The molecular formula is C31H36N8O2. The molecule has 0 atom stereocenters. The van der Waals surface area contributed by atoms with E-state index in [9.17, 15) is 9.59 Å². The van der Waals surface area contributed by atoms with Gasteiger partial charge in [0.2, 0.25) is 0 Å². The Kier molecular flexibility index (Phi) is 8.23. The number of anilines is 3. The van der Waals surface area contributed by atoms with Crippen LogP contribution < -0.4 is 21.3 Å². The maximum absolute atomic E-state index is 13.5. The third kappa shape index (κ3) is 6.60. The molecule has 0 saturated carbocycles. The third-order valence-corrected chi connectivity index (χ3v) is 6.73. The second-order valence-electron chi connectivity index (χ2n) is 11.0. The van der Waals surface area contributed by atoms with Crippen LogP contribution in [0.5, 0.6) is 0 Å². The van der Waals surface area contributed by atoms with E-state index in [0.29, 0.717) is 39.7 Å². The van der Waals surface area contributed by atoms with Gasteiger partial charge in [0.1, 0.15) is 17.7 Å². The SMILES string of the molecule is CNC(=O)c1cn2ncnc(Nc3cc(C(=O)N/C(=C/C(=N)C(C)(C)C)Nc4ccc(C)cc4)ccc3C)c2c1C. The van der Waals surface area contributed by atoms with Crippen LogP contribution in [0.4, 0.5) is 17.2 Å². The Bertz CT molecular complexity index is 1660. The van der Waals surface area contributed by atoms with Gasteiger partial charge >= 0.3 is 0 Å². The van der Waals surface area contributed by atoms with Crippen LogP contribution in [0.1, 0.15) is 58.2 Å². The van der Waals surface area contributed by atoms with Gasteiger partial charge in [-0.15, -0.1) is 0 Å². The summed E-state index contributed by atoms with van der Waals surface area (Å²) in [4.78, 5) is 30.2. The normalized spacial score (nSPS) is 11.7. The van der Waals surface area contributed by atoms with Crippen molar-refractivity contribution in [2.75, 3.05) is 17.7 Å². The molecule has 0 fully saturated rings. The first-order valence-electron chi connectivity index (χ1n) is 13.3. The standard InChI is InChI=1S/C31H36N8O2/c1-18-8-12-22(13-9-18)36-26(15-25(32)31(4,5)6)38-29(40)21-11-10-19(2)24(14-21)37-28-27-20(3)23(30(41)33-7)16-39(27)35-17-34-28/h8-17,32,36H,1-7H3,(H,33,41)(H,38,40)(H,34,35,37)/b26-15+,32-25?. The summed E-state index contributed by atoms with van der Waals surface area (Å²) < 4.78 is 1.61. The zero-order chi connectivity index (χ0) is 29.9. The molecule has 10 heteroatoms. The summed E-state index contributed by atoms with van der Waals surface area (Å²) in [6.45, 7) is 11.6. The molecule has 212 valence electrons. The largest absolute Gasteiger partial charge is 0.355 e. The smallest absolute Gasteiger partial charge is 0.256 e. The van der Waals surface area contributed by atoms with Crippen molar-refractivity contribution in [3.63, 3.8) is 0 Å². The number of amides is 2. The predicted octanol–water partition coefficient (Wildman–Crippen LogP) is 5.51. The molecule has 0 unspecified atom stereocenters. The monoisotopic (exact) mass is 552 g/mol. The highest BCUT2D eigenvalue weighted by Gasteiger charge is 2.19. The van der Waals surface area contributed by atoms with Crippen LogP contribution in [0.15, 0.2) is 66.9 Å². The van der Waals surface area contributed by atoms with Crippen LogP contribution in [0.25, 0.3) is 5.52 Å². The third-order valence-electron chi connectivity index (χ3n) is 6.73. The maximum atomic E-state index is 13.5. The number of nitrogens with one attached hydrogen (secondary N) is 5. The summed E-state index contributed by atoms with van der Waals surface area (Å²) in [6, 6.07) is 13.1. The van der Waals surface area contributed by atoms with Gasteiger partial charge in [-0.05, 0) is 56.2 Å². The van der Waals surface area contributed by atoms with Crippen molar-refractivity contribution >= 4 is 40.2 Å². The molecule has 2 aromatic heterocycles.